The molecule has 1 aliphatic heterocycles. The molecule has 0 bridgehead atoms. The van der Waals surface area contributed by atoms with Crippen LogP contribution in [0.1, 0.15) is 5.56 Å². The number of hydrogen-bond acceptors (Lipinski definition) is 6. The summed E-state index contributed by atoms with van der Waals surface area (Å²) >= 11 is 0. The van der Waals surface area contributed by atoms with E-state index in [0.29, 0.717) is 36.7 Å². The summed E-state index contributed by atoms with van der Waals surface area (Å²) in [6.07, 6.45) is 3.37. The third-order valence-corrected chi connectivity index (χ3v) is 4.18. The second-order valence-electron chi connectivity index (χ2n) is 5.76. The van der Waals surface area contributed by atoms with Crippen molar-refractivity contribution in [1.29, 1.82) is 0 Å². The Labute approximate surface area is 141 Å². The molecule has 0 aliphatic carbocycles. The van der Waals surface area contributed by atoms with E-state index in [4.69, 9.17) is 9.47 Å². The predicted molar refractivity (Wildman–Crippen MR) is 89.1 cm³/mol. The molecule has 0 saturated heterocycles. The fourth-order valence-electron chi connectivity index (χ4n) is 2.98. The highest BCUT2D eigenvalue weighted by Crippen LogP contribution is 2.30. The SMILES string of the molecule is O=c1c2nnc3ccnn3c2ccn1Cc1ccc2c(c1)OCCO2. The van der Waals surface area contributed by atoms with Gasteiger partial charge in [0.25, 0.3) is 5.56 Å². The fourth-order valence-corrected chi connectivity index (χ4v) is 2.98. The van der Waals surface area contributed by atoms with Crippen LogP contribution in [-0.4, -0.2) is 37.6 Å². The van der Waals surface area contributed by atoms with E-state index >= 15 is 0 Å². The maximum atomic E-state index is 12.8. The molecule has 0 saturated carbocycles. The third kappa shape index (κ3) is 2.22. The van der Waals surface area contributed by atoms with Gasteiger partial charge < -0.3 is 14.0 Å². The number of aromatic nitrogens is 5. The van der Waals surface area contributed by atoms with Crippen molar-refractivity contribution in [2.75, 3.05) is 13.2 Å². The van der Waals surface area contributed by atoms with Gasteiger partial charge in [0, 0.05) is 12.3 Å². The number of benzene rings is 1. The van der Waals surface area contributed by atoms with Crippen LogP contribution in [0.4, 0.5) is 0 Å². The molecule has 8 nitrogen and oxygen atoms in total. The molecule has 0 spiro atoms. The maximum absolute atomic E-state index is 12.8. The van der Waals surface area contributed by atoms with E-state index in [-0.39, 0.29) is 11.1 Å². The van der Waals surface area contributed by atoms with Crippen molar-refractivity contribution in [3.63, 3.8) is 0 Å². The Kier molecular flexibility index (Phi) is 2.96. The summed E-state index contributed by atoms with van der Waals surface area (Å²) in [4.78, 5) is 12.8. The van der Waals surface area contributed by atoms with Crippen molar-refractivity contribution in [2.45, 2.75) is 6.54 Å². The summed E-state index contributed by atoms with van der Waals surface area (Å²) in [6, 6.07) is 9.25. The monoisotopic (exact) mass is 335 g/mol. The normalized spacial score (nSPS) is 13.4. The number of ether oxygens (including phenoxy) is 2. The van der Waals surface area contributed by atoms with E-state index in [0.717, 1.165) is 11.3 Å². The van der Waals surface area contributed by atoms with Gasteiger partial charge in [-0.1, -0.05) is 6.07 Å². The molecule has 8 heteroatoms. The lowest BCUT2D eigenvalue weighted by Crippen LogP contribution is -2.22. The van der Waals surface area contributed by atoms with Crippen molar-refractivity contribution < 1.29 is 9.47 Å². The number of hydrogen-bond donors (Lipinski definition) is 0. The molecule has 0 radical (unpaired) electrons. The van der Waals surface area contributed by atoms with Crippen LogP contribution in [0.15, 0.2) is 47.5 Å². The maximum Gasteiger partial charge on any atom is 0.280 e. The van der Waals surface area contributed by atoms with Gasteiger partial charge in [-0.15, -0.1) is 10.2 Å². The van der Waals surface area contributed by atoms with Gasteiger partial charge >= 0.3 is 0 Å². The predicted octanol–water partition coefficient (Wildman–Crippen LogP) is 1.26. The average Bonchev–Trinajstić information content (AvgIpc) is 3.13. The summed E-state index contributed by atoms with van der Waals surface area (Å²) in [6.45, 7) is 1.49. The van der Waals surface area contributed by atoms with E-state index in [1.807, 2.05) is 24.3 Å². The molecule has 1 aliphatic rings. The largest absolute Gasteiger partial charge is 0.486 e. The number of pyridine rings is 1. The van der Waals surface area contributed by atoms with Gasteiger partial charge in [-0.3, -0.25) is 4.79 Å². The molecule has 1 aromatic carbocycles. The van der Waals surface area contributed by atoms with Crippen molar-refractivity contribution in [3.05, 3.63) is 58.6 Å². The molecule has 25 heavy (non-hydrogen) atoms. The van der Waals surface area contributed by atoms with E-state index < -0.39 is 0 Å². The Hall–Kier alpha value is -3.42. The first-order valence-electron chi connectivity index (χ1n) is 7.88. The van der Waals surface area contributed by atoms with E-state index in [1.54, 1.807) is 27.5 Å². The quantitative estimate of drug-likeness (QED) is 0.548. The van der Waals surface area contributed by atoms with Gasteiger partial charge in [0.1, 0.15) is 18.7 Å². The molecule has 4 heterocycles. The standard InChI is InChI=1S/C17H13N5O3/c23-17-16-12(22-15(19-20-16)3-5-18-22)4-6-21(17)10-11-1-2-13-14(9-11)25-8-7-24-13/h1-6,9H,7-8,10H2. The van der Waals surface area contributed by atoms with Gasteiger partial charge in [0.15, 0.2) is 22.7 Å². The molecular weight excluding hydrogens is 322 g/mol. The van der Waals surface area contributed by atoms with Crippen molar-refractivity contribution in [1.82, 2.24) is 24.4 Å². The van der Waals surface area contributed by atoms with Crippen LogP contribution in [0.2, 0.25) is 0 Å². The van der Waals surface area contributed by atoms with Crippen LogP contribution in [0.5, 0.6) is 11.5 Å². The zero-order valence-electron chi connectivity index (χ0n) is 13.1. The first-order valence-corrected chi connectivity index (χ1v) is 7.88. The van der Waals surface area contributed by atoms with Crippen molar-refractivity contribution >= 4 is 16.7 Å². The summed E-state index contributed by atoms with van der Waals surface area (Å²) in [5.41, 5.74) is 2.27. The molecule has 3 aromatic heterocycles. The first kappa shape index (κ1) is 14.0. The Morgan fingerprint density at radius 1 is 1.04 bits per heavy atom. The highest BCUT2D eigenvalue weighted by atomic mass is 16.6. The third-order valence-electron chi connectivity index (χ3n) is 4.18. The van der Waals surface area contributed by atoms with Gasteiger partial charge in [-0.2, -0.15) is 5.10 Å². The van der Waals surface area contributed by atoms with Crippen LogP contribution in [0.3, 0.4) is 0 Å². The minimum Gasteiger partial charge on any atom is -0.486 e. The Balaban J connectivity index is 1.58. The molecule has 124 valence electrons. The smallest absolute Gasteiger partial charge is 0.280 e. The molecule has 0 amide bonds. The summed E-state index contributed by atoms with van der Waals surface area (Å²) in [5.74, 6) is 1.43. The van der Waals surface area contributed by atoms with Gasteiger partial charge in [0.2, 0.25) is 0 Å². The van der Waals surface area contributed by atoms with Crippen molar-refractivity contribution in [2.24, 2.45) is 0 Å². The highest BCUT2D eigenvalue weighted by molar-refractivity contribution is 5.74. The Morgan fingerprint density at radius 3 is 2.84 bits per heavy atom. The lowest BCUT2D eigenvalue weighted by atomic mass is 10.2. The molecular formula is C17H13N5O3. The Morgan fingerprint density at radius 2 is 1.92 bits per heavy atom. The lowest BCUT2D eigenvalue weighted by molar-refractivity contribution is 0.171. The molecule has 0 N–H and O–H groups in total. The number of fused-ring (bicyclic) bond motifs is 4. The summed E-state index contributed by atoms with van der Waals surface area (Å²) < 4.78 is 14.3. The van der Waals surface area contributed by atoms with Crippen LogP contribution in [0.25, 0.3) is 16.7 Å². The van der Waals surface area contributed by atoms with Crippen LogP contribution < -0.4 is 15.0 Å². The van der Waals surface area contributed by atoms with Crippen LogP contribution >= 0.6 is 0 Å². The van der Waals surface area contributed by atoms with Gasteiger partial charge in [-0.05, 0) is 23.8 Å². The average molecular weight is 335 g/mol. The van der Waals surface area contributed by atoms with Gasteiger partial charge in [0.05, 0.1) is 12.7 Å². The van der Waals surface area contributed by atoms with E-state index in [9.17, 15) is 4.79 Å². The van der Waals surface area contributed by atoms with Crippen LogP contribution in [-0.2, 0) is 6.54 Å². The first-order chi connectivity index (χ1) is 12.3. The van der Waals surface area contributed by atoms with Crippen molar-refractivity contribution in [3.8, 4) is 11.5 Å². The molecule has 0 unspecified atom stereocenters. The second kappa shape index (κ2) is 5.30. The molecule has 0 atom stereocenters. The summed E-state index contributed by atoms with van der Waals surface area (Å²) in [7, 11) is 0. The zero-order valence-corrected chi connectivity index (χ0v) is 13.1. The molecule has 0 fully saturated rings. The highest BCUT2D eigenvalue weighted by Gasteiger charge is 2.13. The summed E-state index contributed by atoms with van der Waals surface area (Å²) in [5, 5.41) is 12.3. The van der Waals surface area contributed by atoms with E-state index in [1.165, 1.54) is 0 Å². The van der Waals surface area contributed by atoms with Crippen LogP contribution in [0, 0.1) is 0 Å². The zero-order chi connectivity index (χ0) is 16.8. The Bertz CT molecular complexity index is 1160. The van der Waals surface area contributed by atoms with Gasteiger partial charge in [-0.25, -0.2) is 4.52 Å². The molecule has 4 aromatic rings. The minimum absolute atomic E-state index is 0.211. The van der Waals surface area contributed by atoms with E-state index in [2.05, 4.69) is 15.3 Å². The fraction of sp³-hybridized carbons (Fsp3) is 0.176. The number of rotatable bonds is 2. The minimum atomic E-state index is -0.211. The topological polar surface area (TPSA) is 83.5 Å². The number of nitrogens with zero attached hydrogens (tertiary/aromatic N) is 5. The molecule has 5 rings (SSSR count). The lowest BCUT2D eigenvalue weighted by Gasteiger charge is -2.19. The second-order valence-corrected chi connectivity index (χ2v) is 5.76.